The van der Waals surface area contributed by atoms with Gasteiger partial charge in [0.1, 0.15) is 0 Å². The summed E-state index contributed by atoms with van der Waals surface area (Å²) in [5.74, 6) is 0. The molecule has 4 heteroatoms. The molecule has 0 unspecified atom stereocenters. The van der Waals surface area contributed by atoms with E-state index in [2.05, 4.69) is 12.2 Å². The van der Waals surface area contributed by atoms with E-state index in [9.17, 15) is 10.1 Å². The third-order valence-corrected chi connectivity index (χ3v) is 3.25. The third-order valence-electron chi connectivity index (χ3n) is 3.25. The highest BCUT2D eigenvalue weighted by Gasteiger charge is 2.16. The van der Waals surface area contributed by atoms with Gasteiger partial charge >= 0.3 is 0 Å². The fourth-order valence-corrected chi connectivity index (χ4v) is 2.41. The van der Waals surface area contributed by atoms with E-state index in [0.29, 0.717) is 0 Å². The molecule has 0 saturated heterocycles. The number of nitro groups is 1. The second-order valence-corrected chi connectivity index (χ2v) is 4.41. The average Bonchev–Trinajstić information content (AvgIpc) is 2.98. The minimum Gasteiger partial charge on any atom is -0.350 e. The number of nitrogens with zero attached hydrogens (tertiary/aromatic N) is 2. The van der Waals surface area contributed by atoms with Crippen LogP contribution in [0.15, 0.2) is 42.6 Å². The van der Waals surface area contributed by atoms with E-state index in [4.69, 9.17) is 0 Å². The maximum atomic E-state index is 11.0. The van der Waals surface area contributed by atoms with Crippen LogP contribution in [0.2, 0.25) is 0 Å². The van der Waals surface area contributed by atoms with Crippen LogP contribution < -0.4 is 0 Å². The minimum atomic E-state index is -0.338. The highest BCUT2D eigenvalue weighted by molar-refractivity contribution is 5.96. The number of aromatic nitrogens is 1. The van der Waals surface area contributed by atoms with Gasteiger partial charge in [-0.2, -0.15) is 0 Å². The summed E-state index contributed by atoms with van der Waals surface area (Å²) in [6.45, 7) is 0. The standard InChI is InChI=1S/C14H12N2O2/c1-15-7-6-11-8-12(16(17)18)9-13(14(11)15)10-4-2-3-5-10/h2,4-9H,3H2,1H3. The van der Waals surface area contributed by atoms with Gasteiger partial charge in [0.25, 0.3) is 5.69 Å². The Bertz CT molecular complexity index is 708. The number of nitro benzene ring substituents is 1. The fraction of sp³-hybridized carbons (Fsp3) is 0.143. The number of aryl methyl sites for hydroxylation is 1. The van der Waals surface area contributed by atoms with Crippen LogP contribution in [0.4, 0.5) is 5.69 Å². The molecule has 0 fully saturated rings. The molecule has 4 nitrogen and oxygen atoms in total. The van der Waals surface area contributed by atoms with Crippen LogP contribution in [0.25, 0.3) is 16.5 Å². The van der Waals surface area contributed by atoms with Crippen LogP contribution in [0.1, 0.15) is 12.0 Å². The Morgan fingerprint density at radius 3 is 2.89 bits per heavy atom. The van der Waals surface area contributed by atoms with Gasteiger partial charge in [0, 0.05) is 36.3 Å². The topological polar surface area (TPSA) is 48.1 Å². The van der Waals surface area contributed by atoms with Crippen molar-refractivity contribution in [1.82, 2.24) is 4.57 Å². The van der Waals surface area contributed by atoms with Crippen molar-refractivity contribution in [2.45, 2.75) is 6.42 Å². The number of non-ortho nitro benzene ring substituents is 1. The fourth-order valence-electron chi connectivity index (χ4n) is 2.41. The molecule has 0 bridgehead atoms. The molecule has 0 atom stereocenters. The number of allylic oxidation sites excluding steroid dienone is 4. The molecule has 0 amide bonds. The van der Waals surface area contributed by atoms with Crippen molar-refractivity contribution in [1.29, 1.82) is 0 Å². The molecular formula is C14H12N2O2. The Labute approximate surface area is 104 Å². The molecule has 2 aromatic rings. The molecule has 0 N–H and O–H groups in total. The van der Waals surface area contributed by atoms with Crippen LogP contribution in [0.3, 0.4) is 0 Å². The van der Waals surface area contributed by atoms with E-state index in [0.717, 1.165) is 28.5 Å². The van der Waals surface area contributed by atoms with E-state index in [1.165, 1.54) is 0 Å². The minimum absolute atomic E-state index is 0.143. The number of fused-ring (bicyclic) bond motifs is 1. The number of rotatable bonds is 2. The van der Waals surface area contributed by atoms with Crippen molar-refractivity contribution in [3.05, 3.63) is 58.3 Å². The predicted octanol–water partition coefficient (Wildman–Crippen LogP) is 3.43. The van der Waals surface area contributed by atoms with Crippen molar-refractivity contribution in [3.63, 3.8) is 0 Å². The molecule has 1 aliphatic rings. The number of hydrogen-bond acceptors (Lipinski definition) is 2. The number of benzene rings is 1. The smallest absolute Gasteiger partial charge is 0.270 e. The lowest BCUT2D eigenvalue weighted by Gasteiger charge is -2.06. The molecule has 0 aliphatic heterocycles. The zero-order valence-corrected chi connectivity index (χ0v) is 9.96. The van der Waals surface area contributed by atoms with Gasteiger partial charge in [0.05, 0.1) is 10.4 Å². The van der Waals surface area contributed by atoms with Crippen molar-refractivity contribution in [2.24, 2.45) is 7.05 Å². The summed E-state index contributed by atoms with van der Waals surface area (Å²) in [6, 6.07) is 5.19. The highest BCUT2D eigenvalue weighted by Crippen LogP contribution is 2.33. The Kier molecular flexibility index (Phi) is 2.30. The molecule has 3 rings (SSSR count). The van der Waals surface area contributed by atoms with Gasteiger partial charge in [-0.25, -0.2) is 0 Å². The van der Waals surface area contributed by atoms with Gasteiger partial charge < -0.3 is 4.57 Å². The van der Waals surface area contributed by atoms with Gasteiger partial charge in [0.2, 0.25) is 0 Å². The van der Waals surface area contributed by atoms with Crippen LogP contribution in [0.5, 0.6) is 0 Å². The zero-order chi connectivity index (χ0) is 12.7. The normalized spacial score (nSPS) is 14.2. The van der Waals surface area contributed by atoms with Crippen LogP contribution in [-0.4, -0.2) is 9.49 Å². The monoisotopic (exact) mass is 240 g/mol. The van der Waals surface area contributed by atoms with E-state index < -0.39 is 0 Å². The first-order chi connectivity index (χ1) is 8.66. The summed E-state index contributed by atoms with van der Waals surface area (Å²) in [6.07, 6.45) is 8.99. The first-order valence-corrected chi connectivity index (χ1v) is 5.77. The molecule has 1 aromatic carbocycles. The molecule has 1 heterocycles. The first-order valence-electron chi connectivity index (χ1n) is 5.77. The quantitative estimate of drug-likeness (QED) is 0.596. The van der Waals surface area contributed by atoms with E-state index in [-0.39, 0.29) is 10.6 Å². The largest absolute Gasteiger partial charge is 0.350 e. The second kappa shape index (κ2) is 3.84. The first kappa shape index (κ1) is 10.8. The van der Waals surface area contributed by atoms with Gasteiger partial charge in [-0.15, -0.1) is 0 Å². The van der Waals surface area contributed by atoms with Gasteiger partial charge in [-0.05, 0) is 18.1 Å². The SMILES string of the molecule is Cn1ccc2cc([N+](=O)[O-])cc(C3=CCC=C3)c21. The summed E-state index contributed by atoms with van der Waals surface area (Å²) in [5.41, 5.74) is 3.18. The van der Waals surface area contributed by atoms with Gasteiger partial charge in [-0.1, -0.05) is 18.2 Å². The third kappa shape index (κ3) is 1.54. The van der Waals surface area contributed by atoms with Crippen molar-refractivity contribution < 1.29 is 4.92 Å². The van der Waals surface area contributed by atoms with Crippen LogP contribution in [-0.2, 0) is 7.05 Å². The van der Waals surface area contributed by atoms with Crippen molar-refractivity contribution in [2.75, 3.05) is 0 Å². The molecule has 0 saturated carbocycles. The highest BCUT2D eigenvalue weighted by atomic mass is 16.6. The van der Waals surface area contributed by atoms with Crippen molar-refractivity contribution in [3.8, 4) is 0 Å². The lowest BCUT2D eigenvalue weighted by molar-refractivity contribution is -0.384. The average molecular weight is 240 g/mol. The summed E-state index contributed by atoms with van der Waals surface area (Å²) in [7, 11) is 1.96. The van der Waals surface area contributed by atoms with E-state index in [1.807, 2.05) is 30.0 Å². The summed E-state index contributed by atoms with van der Waals surface area (Å²) in [4.78, 5) is 10.6. The molecule has 1 aliphatic carbocycles. The molecule has 0 radical (unpaired) electrons. The summed E-state index contributed by atoms with van der Waals surface area (Å²) < 4.78 is 2.00. The molecule has 90 valence electrons. The molecule has 1 aromatic heterocycles. The van der Waals surface area contributed by atoms with Crippen LogP contribution in [0, 0.1) is 10.1 Å². The maximum Gasteiger partial charge on any atom is 0.270 e. The van der Waals surface area contributed by atoms with Crippen LogP contribution >= 0.6 is 0 Å². The molecule has 0 spiro atoms. The molecule has 18 heavy (non-hydrogen) atoms. The van der Waals surface area contributed by atoms with E-state index in [1.54, 1.807) is 12.1 Å². The number of hydrogen-bond donors (Lipinski definition) is 0. The van der Waals surface area contributed by atoms with Crippen molar-refractivity contribution >= 4 is 22.2 Å². The lowest BCUT2D eigenvalue weighted by Crippen LogP contribution is -1.94. The summed E-state index contributed by atoms with van der Waals surface area (Å²) >= 11 is 0. The Morgan fingerprint density at radius 2 is 2.22 bits per heavy atom. The Balaban J connectivity index is 2.35. The Morgan fingerprint density at radius 1 is 1.39 bits per heavy atom. The Hall–Kier alpha value is -2.36. The van der Waals surface area contributed by atoms with Gasteiger partial charge in [-0.3, -0.25) is 10.1 Å². The maximum absolute atomic E-state index is 11.0. The predicted molar refractivity (Wildman–Crippen MR) is 71.3 cm³/mol. The summed E-state index contributed by atoms with van der Waals surface area (Å²) in [5, 5.41) is 11.9. The zero-order valence-electron chi connectivity index (χ0n) is 9.96. The molecular weight excluding hydrogens is 228 g/mol. The second-order valence-electron chi connectivity index (χ2n) is 4.41. The van der Waals surface area contributed by atoms with E-state index >= 15 is 0 Å². The van der Waals surface area contributed by atoms with Gasteiger partial charge in [0.15, 0.2) is 0 Å². The lowest BCUT2D eigenvalue weighted by atomic mass is 10.0.